The summed E-state index contributed by atoms with van der Waals surface area (Å²) in [5, 5.41) is 20.1. The Morgan fingerprint density at radius 1 is 1.24 bits per heavy atom. The third kappa shape index (κ3) is 3.32. The van der Waals surface area contributed by atoms with Crippen molar-refractivity contribution < 1.29 is 14.8 Å². The van der Waals surface area contributed by atoms with Crippen LogP contribution in [0, 0.1) is 22.0 Å². The van der Waals surface area contributed by atoms with Crippen LogP contribution in [-0.4, -0.2) is 29.1 Å². The Bertz CT molecular complexity index is 565. The molecule has 1 aromatic rings. The molecular formula is C15H18N2O4. The first kappa shape index (κ1) is 13.9. The predicted molar refractivity (Wildman–Crippen MR) is 77.7 cm³/mol. The summed E-state index contributed by atoms with van der Waals surface area (Å²) in [4.78, 5) is 23.7. The highest BCUT2D eigenvalue weighted by molar-refractivity contribution is 5.93. The van der Waals surface area contributed by atoms with Gasteiger partial charge in [0.1, 0.15) is 5.56 Å². The number of nitro benzene ring substituents is 1. The number of rotatable bonds is 7. The van der Waals surface area contributed by atoms with Gasteiger partial charge in [-0.15, -0.1) is 0 Å². The summed E-state index contributed by atoms with van der Waals surface area (Å²) in [6.07, 6.45) is 4.87. The zero-order valence-electron chi connectivity index (χ0n) is 11.7. The van der Waals surface area contributed by atoms with Crippen molar-refractivity contribution in [2.24, 2.45) is 11.8 Å². The minimum absolute atomic E-state index is 0.249. The molecule has 0 saturated heterocycles. The molecule has 0 spiro atoms. The van der Waals surface area contributed by atoms with E-state index < -0.39 is 10.9 Å². The van der Waals surface area contributed by atoms with Crippen LogP contribution in [0.5, 0.6) is 0 Å². The molecule has 0 unspecified atom stereocenters. The van der Waals surface area contributed by atoms with E-state index in [1.54, 1.807) is 6.07 Å². The molecule has 0 atom stereocenters. The molecule has 112 valence electrons. The first-order chi connectivity index (χ1) is 10.0. The standard InChI is InChI=1S/C15H18N2O4/c18-15(19)13-6-5-12(7-14(13)17(20)21)16(8-10-1-2-10)9-11-3-4-11/h5-7,10-11H,1-4,8-9H2,(H,18,19). The lowest BCUT2D eigenvalue weighted by Gasteiger charge is -2.25. The molecule has 0 amide bonds. The normalized spacial score (nSPS) is 17.5. The summed E-state index contributed by atoms with van der Waals surface area (Å²) < 4.78 is 0. The number of benzene rings is 1. The molecule has 6 heteroatoms. The lowest BCUT2D eigenvalue weighted by atomic mass is 10.1. The number of anilines is 1. The van der Waals surface area contributed by atoms with Gasteiger partial charge in [-0.1, -0.05) is 0 Å². The number of carboxylic acids is 1. The Morgan fingerprint density at radius 3 is 2.24 bits per heavy atom. The monoisotopic (exact) mass is 290 g/mol. The Balaban J connectivity index is 1.88. The molecule has 3 rings (SSSR count). The van der Waals surface area contributed by atoms with Crippen molar-refractivity contribution in [3.63, 3.8) is 0 Å². The van der Waals surface area contributed by atoms with E-state index in [2.05, 4.69) is 4.90 Å². The molecule has 21 heavy (non-hydrogen) atoms. The molecule has 0 aliphatic heterocycles. The van der Waals surface area contributed by atoms with E-state index >= 15 is 0 Å². The molecule has 2 aliphatic carbocycles. The molecule has 2 fully saturated rings. The van der Waals surface area contributed by atoms with Gasteiger partial charge in [-0.25, -0.2) is 4.79 Å². The van der Waals surface area contributed by atoms with Crippen LogP contribution < -0.4 is 4.90 Å². The topological polar surface area (TPSA) is 83.7 Å². The number of nitro groups is 1. The molecule has 0 aromatic heterocycles. The summed E-state index contributed by atoms with van der Waals surface area (Å²) in [5.74, 6) is 0.105. The van der Waals surface area contributed by atoms with Gasteiger partial charge in [0, 0.05) is 24.8 Å². The minimum Gasteiger partial charge on any atom is -0.477 e. The highest BCUT2D eigenvalue weighted by Gasteiger charge is 2.30. The van der Waals surface area contributed by atoms with Crippen molar-refractivity contribution in [2.75, 3.05) is 18.0 Å². The van der Waals surface area contributed by atoms with Gasteiger partial charge in [0.25, 0.3) is 5.69 Å². The average molecular weight is 290 g/mol. The third-order valence-corrected chi connectivity index (χ3v) is 4.12. The van der Waals surface area contributed by atoms with E-state index in [0.717, 1.165) is 18.8 Å². The molecule has 2 aliphatic rings. The highest BCUT2D eigenvalue weighted by atomic mass is 16.6. The first-order valence-corrected chi connectivity index (χ1v) is 7.31. The maximum Gasteiger partial charge on any atom is 0.342 e. The summed E-state index contributed by atoms with van der Waals surface area (Å²) in [5.41, 5.74) is 0.198. The number of carbonyl (C=O) groups is 1. The second kappa shape index (κ2) is 5.35. The number of hydrogen-bond acceptors (Lipinski definition) is 4. The van der Waals surface area contributed by atoms with E-state index in [1.165, 1.54) is 37.8 Å². The lowest BCUT2D eigenvalue weighted by molar-refractivity contribution is -0.385. The third-order valence-electron chi connectivity index (χ3n) is 4.12. The fourth-order valence-corrected chi connectivity index (χ4v) is 2.56. The van der Waals surface area contributed by atoms with Crippen LogP contribution in [0.25, 0.3) is 0 Å². The molecule has 0 radical (unpaired) electrons. The molecule has 0 bridgehead atoms. The van der Waals surface area contributed by atoms with E-state index in [-0.39, 0.29) is 11.3 Å². The molecular weight excluding hydrogens is 272 g/mol. The van der Waals surface area contributed by atoms with Crippen molar-refractivity contribution in [3.8, 4) is 0 Å². The predicted octanol–water partition coefficient (Wildman–Crippen LogP) is 2.92. The Hall–Kier alpha value is -2.11. The SMILES string of the molecule is O=C(O)c1ccc(N(CC2CC2)CC2CC2)cc1[N+](=O)[O-]. The molecule has 2 saturated carbocycles. The van der Waals surface area contributed by atoms with Gasteiger partial charge < -0.3 is 10.0 Å². The van der Waals surface area contributed by atoms with Crippen molar-refractivity contribution in [1.29, 1.82) is 0 Å². The van der Waals surface area contributed by atoms with E-state index in [1.807, 2.05) is 0 Å². The van der Waals surface area contributed by atoms with Gasteiger partial charge in [0.05, 0.1) is 4.92 Å². The van der Waals surface area contributed by atoms with E-state index in [0.29, 0.717) is 11.8 Å². The average Bonchev–Trinajstić information content (AvgIpc) is 3.32. The lowest BCUT2D eigenvalue weighted by Crippen LogP contribution is -2.28. The molecule has 1 N–H and O–H groups in total. The van der Waals surface area contributed by atoms with Gasteiger partial charge in [-0.2, -0.15) is 0 Å². The van der Waals surface area contributed by atoms with Crippen molar-refractivity contribution >= 4 is 17.3 Å². The second-order valence-corrected chi connectivity index (χ2v) is 6.06. The van der Waals surface area contributed by atoms with Crippen LogP contribution in [0.2, 0.25) is 0 Å². The maximum atomic E-state index is 11.1. The van der Waals surface area contributed by atoms with Gasteiger partial charge in [-0.05, 0) is 49.7 Å². The Labute approximate surface area is 122 Å². The summed E-state index contributed by atoms with van der Waals surface area (Å²) >= 11 is 0. The minimum atomic E-state index is -1.26. The van der Waals surface area contributed by atoms with Gasteiger partial charge >= 0.3 is 5.97 Å². The fraction of sp³-hybridized carbons (Fsp3) is 0.533. The number of aromatic carboxylic acids is 1. The van der Waals surface area contributed by atoms with Crippen LogP contribution in [-0.2, 0) is 0 Å². The Kier molecular flexibility index (Phi) is 3.53. The fourth-order valence-electron chi connectivity index (χ4n) is 2.56. The number of nitrogens with zero attached hydrogens (tertiary/aromatic N) is 2. The van der Waals surface area contributed by atoms with E-state index in [4.69, 9.17) is 5.11 Å². The van der Waals surface area contributed by atoms with Crippen molar-refractivity contribution in [2.45, 2.75) is 25.7 Å². The molecule has 6 nitrogen and oxygen atoms in total. The largest absolute Gasteiger partial charge is 0.477 e. The van der Waals surface area contributed by atoms with Crippen molar-refractivity contribution in [3.05, 3.63) is 33.9 Å². The number of carboxylic acid groups (broad SMARTS) is 1. The van der Waals surface area contributed by atoms with Gasteiger partial charge in [0.2, 0.25) is 0 Å². The van der Waals surface area contributed by atoms with Crippen LogP contribution in [0.3, 0.4) is 0 Å². The Morgan fingerprint density at radius 2 is 1.81 bits per heavy atom. The van der Waals surface area contributed by atoms with E-state index in [9.17, 15) is 14.9 Å². The summed E-state index contributed by atoms with van der Waals surface area (Å²) in [7, 11) is 0. The van der Waals surface area contributed by atoms with Crippen LogP contribution in [0.15, 0.2) is 18.2 Å². The van der Waals surface area contributed by atoms with Crippen LogP contribution in [0.1, 0.15) is 36.0 Å². The van der Waals surface area contributed by atoms with Gasteiger partial charge in [0.15, 0.2) is 0 Å². The van der Waals surface area contributed by atoms with Crippen molar-refractivity contribution in [1.82, 2.24) is 0 Å². The molecule has 1 aromatic carbocycles. The maximum absolute atomic E-state index is 11.1. The molecule has 0 heterocycles. The van der Waals surface area contributed by atoms with Crippen LogP contribution >= 0.6 is 0 Å². The van der Waals surface area contributed by atoms with Gasteiger partial charge in [-0.3, -0.25) is 10.1 Å². The van der Waals surface area contributed by atoms with Crippen LogP contribution in [0.4, 0.5) is 11.4 Å². The number of hydrogen-bond donors (Lipinski definition) is 1. The zero-order chi connectivity index (χ0) is 15.0. The summed E-state index contributed by atoms with van der Waals surface area (Å²) in [6, 6.07) is 4.46. The second-order valence-electron chi connectivity index (χ2n) is 6.06. The summed E-state index contributed by atoms with van der Waals surface area (Å²) in [6.45, 7) is 1.83. The smallest absolute Gasteiger partial charge is 0.342 e. The quantitative estimate of drug-likeness (QED) is 0.616. The zero-order valence-corrected chi connectivity index (χ0v) is 11.7. The highest BCUT2D eigenvalue weighted by Crippen LogP contribution is 2.36. The first-order valence-electron chi connectivity index (χ1n) is 7.31.